The summed E-state index contributed by atoms with van der Waals surface area (Å²) >= 11 is 3.37. The van der Waals surface area contributed by atoms with E-state index in [2.05, 4.69) is 50.3 Å². The molecule has 1 unspecified atom stereocenters. The molecule has 1 aromatic heterocycles. The fourth-order valence-electron chi connectivity index (χ4n) is 1.66. The molecule has 2 aromatic rings. The minimum absolute atomic E-state index is 0.397. The molecular formula is C13H15BrN4. The van der Waals surface area contributed by atoms with Crippen LogP contribution >= 0.6 is 15.9 Å². The number of rotatable bonds is 4. The zero-order valence-corrected chi connectivity index (χ0v) is 11.7. The number of benzene rings is 1. The monoisotopic (exact) mass is 306 g/mol. The molecule has 2 rings (SSSR count). The van der Waals surface area contributed by atoms with Crippen LogP contribution in [0.1, 0.15) is 18.4 Å². The van der Waals surface area contributed by atoms with Crippen LogP contribution in [0.15, 0.2) is 41.1 Å². The molecule has 18 heavy (non-hydrogen) atoms. The van der Waals surface area contributed by atoms with Crippen LogP contribution in [-0.2, 0) is 0 Å². The Kier molecular flexibility index (Phi) is 4.15. The van der Waals surface area contributed by atoms with Gasteiger partial charge in [-0.1, -0.05) is 37.3 Å². The summed E-state index contributed by atoms with van der Waals surface area (Å²) < 4.78 is 0.713. The van der Waals surface area contributed by atoms with Crippen LogP contribution in [0.2, 0.25) is 0 Å². The van der Waals surface area contributed by atoms with Crippen LogP contribution in [0.5, 0.6) is 0 Å². The standard InChI is InChI=1S/C13H15BrN4/c1-9(10-5-3-2-4-6-10)7-16-13-11(14)12(15)17-8-18-13/h2-6,8-9H,7H2,1H3,(H3,15,16,17,18). The summed E-state index contributed by atoms with van der Waals surface area (Å²) in [5, 5.41) is 3.27. The normalized spacial score (nSPS) is 12.1. The molecule has 4 nitrogen and oxygen atoms in total. The van der Waals surface area contributed by atoms with E-state index in [9.17, 15) is 0 Å². The summed E-state index contributed by atoms with van der Waals surface area (Å²) in [5.74, 6) is 1.57. The zero-order valence-electron chi connectivity index (χ0n) is 10.1. The van der Waals surface area contributed by atoms with Gasteiger partial charge in [0, 0.05) is 6.54 Å². The first-order chi connectivity index (χ1) is 8.68. The molecule has 94 valence electrons. The number of hydrogen-bond acceptors (Lipinski definition) is 4. The van der Waals surface area contributed by atoms with Gasteiger partial charge in [-0.15, -0.1) is 0 Å². The van der Waals surface area contributed by atoms with Crippen molar-refractivity contribution in [3.63, 3.8) is 0 Å². The quantitative estimate of drug-likeness (QED) is 0.911. The average molecular weight is 307 g/mol. The van der Waals surface area contributed by atoms with Gasteiger partial charge in [0.1, 0.15) is 22.4 Å². The minimum Gasteiger partial charge on any atom is -0.383 e. The number of nitrogens with zero attached hydrogens (tertiary/aromatic N) is 2. The molecule has 0 radical (unpaired) electrons. The lowest BCUT2D eigenvalue weighted by atomic mass is 10.0. The van der Waals surface area contributed by atoms with E-state index in [1.807, 2.05) is 18.2 Å². The van der Waals surface area contributed by atoms with Crippen LogP contribution in [0.4, 0.5) is 11.6 Å². The predicted octanol–water partition coefficient (Wildman–Crippen LogP) is 3.04. The summed E-state index contributed by atoms with van der Waals surface area (Å²) in [7, 11) is 0. The zero-order chi connectivity index (χ0) is 13.0. The highest BCUT2D eigenvalue weighted by molar-refractivity contribution is 9.10. The summed E-state index contributed by atoms with van der Waals surface area (Å²) in [6.45, 7) is 2.96. The minimum atomic E-state index is 0.397. The fraction of sp³-hybridized carbons (Fsp3) is 0.231. The second-order valence-corrected chi connectivity index (χ2v) is 4.91. The maximum absolute atomic E-state index is 5.70. The average Bonchev–Trinajstić information content (AvgIpc) is 2.41. The Morgan fingerprint density at radius 1 is 1.28 bits per heavy atom. The van der Waals surface area contributed by atoms with E-state index in [-0.39, 0.29) is 0 Å². The van der Waals surface area contributed by atoms with Crippen molar-refractivity contribution in [2.45, 2.75) is 12.8 Å². The van der Waals surface area contributed by atoms with Gasteiger partial charge in [-0.3, -0.25) is 0 Å². The Labute approximate surface area is 115 Å². The molecule has 3 N–H and O–H groups in total. The van der Waals surface area contributed by atoms with Gasteiger partial charge in [0.15, 0.2) is 0 Å². The molecule has 0 spiro atoms. The van der Waals surface area contributed by atoms with Gasteiger partial charge in [0.05, 0.1) is 0 Å². The van der Waals surface area contributed by atoms with Crippen LogP contribution in [0, 0.1) is 0 Å². The molecule has 0 bridgehead atoms. The van der Waals surface area contributed by atoms with Crippen molar-refractivity contribution < 1.29 is 0 Å². The highest BCUT2D eigenvalue weighted by Gasteiger charge is 2.08. The highest BCUT2D eigenvalue weighted by Crippen LogP contribution is 2.25. The number of anilines is 2. The Hall–Kier alpha value is -1.62. The molecular weight excluding hydrogens is 292 g/mol. The Balaban J connectivity index is 2.02. The van der Waals surface area contributed by atoms with E-state index >= 15 is 0 Å². The maximum Gasteiger partial charge on any atom is 0.145 e. The third kappa shape index (κ3) is 2.98. The molecule has 5 heteroatoms. The van der Waals surface area contributed by atoms with Crippen LogP contribution in [-0.4, -0.2) is 16.5 Å². The molecule has 0 aliphatic heterocycles. The highest BCUT2D eigenvalue weighted by atomic mass is 79.9. The summed E-state index contributed by atoms with van der Waals surface area (Å²) in [5.41, 5.74) is 6.99. The number of halogens is 1. The van der Waals surface area contributed by atoms with Gasteiger partial charge in [-0.05, 0) is 27.4 Å². The van der Waals surface area contributed by atoms with E-state index in [1.165, 1.54) is 11.9 Å². The van der Waals surface area contributed by atoms with Gasteiger partial charge in [0.2, 0.25) is 0 Å². The predicted molar refractivity (Wildman–Crippen MR) is 77.5 cm³/mol. The van der Waals surface area contributed by atoms with E-state index < -0.39 is 0 Å². The number of aromatic nitrogens is 2. The molecule has 1 aromatic carbocycles. The number of nitrogen functional groups attached to an aromatic ring is 1. The fourth-order valence-corrected chi connectivity index (χ4v) is 2.00. The lowest BCUT2D eigenvalue weighted by Gasteiger charge is -2.14. The number of hydrogen-bond donors (Lipinski definition) is 2. The topological polar surface area (TPSA) is 63.8 Å². The largest absolute Gasteiger partial charge is 0.383 e. The lowest BCUT2D eigenvalue weighted by Crippen LogP contribution is -2.12. The molecule has 0 aliphatic rings. The summed E-state index contributed by atoms with van der Waals surface area (Å²) in [6, 6.07) is 10.4. The molecule has 0 fully saturated rings. The SMILES string of the molecule is CC(CNc1ncnc(N)c1Br)c1ccccc1. The Bertz CT molecular complexity index is 516. The van der Waals surface area contributed by atoms with Crippen molar-refractivity contribution in [3.8, 4) is 0 Å². The van der Waals surface area contributed by atoms with Gasteiger partial charge in [-0.2, -0.15) is 0 Å². The Morgan fingerprint density at radius 3 is 2.72 bits per heavy atom. The van der Waals surface area contributed by atoms with Gasteiger partial charge >= 0.3 is 0 Å². The molecule has 1 atom stereocenters. The van der Waals surface area contributed by atoms with Gasteiger partial charge < -0.3 is 11.1 Å². The smallest absolute Gasteiger partial charge is 0.145 e. The van der Waals surface area contributed by atoms with Crippen molar-refractivity contribution >= 4 is 27.6 Å². The van der Waals surface area contributed by atoms with E-state index in [4.69, 9.17) is 5.73 Å². The van der Waals surface area contributed by atoms with Crippen molar-refractivity contribution in [2.75, 3.05) is 17.6 Å². The van der Waals surface area contributed by atoms with Crippen LogP contribution in [0.3, 0.4) is 0 Å². The summed E-state index contributed by atoms with van der Waals surface area (Å²) in [6.07, 6.45) is 1.45. The first kappa shape index (κ1) is 12.8. The molecule has 0 saturated carbocycles. The second kappa shape index (κ2) is 5.82. The Morgan fingerprint density at radius 2 is 2.00 bits per heavy atom. The second-order valence-electron chi connectivity index (χ2n) is 4.11. The number of nitrogens with one attached hydrogen (secondary N) is 1. The third-order valence-electron chi connectivity index (χ3n) is 2.76. The maximum atomic E-state index is 5.70. The molecule has 1 heterocycles. The van der Waals surface area contributed by atoms with Crippen molar-refractivity contribution in [3.05, 3.63) is 46.7 Å². The van der Waals surface area contributed by atoms with Crippen LogP contribution in [0.25, 0.3) is 0 Å². The molecule has 0 amide bonds. The number of nitrogens with two attached hydrogens (primary N) is 1. The first-order valence-corrected chi connectivity index (χ1v) is 6.52. The lowest BCUT2D eigenvalue weighted by molar-refractivity contribution is 0.800. The van der Waals surface area contributed by atoms with E-state index in [0.717, 1.165) is 12.4 Å². The van der Waals surface area contributed by atoms with Gasteiger partial charge in [0.25, 0.3) is 0 Å². The van der Waals surface area contributed by atoms with Crippen molar-refractivity contribution in [1.82, 2.24) is 9.97 Å². The van der Waals surface area contributed by atoms with Gasteiger partial charge in [-0.25, -0.2) is 9.97 Å². The molecule has 0 aliphatic carbocycles. The van der Waals surface area contributed by atoms with Crippen molar-refractivity contribution in [1.29, 1.82) is 0 Å². The van der Waals surface area contributed by atoms with E-state index in [0.29, 0.717) is 16.2 Å². The van der Waals surface area contributed by atoms with E-state index in [1.54, 1.807) is 0 Å². The van der Waals surface area contributed by atoms with Crippen molar-refractivity contribution in [2.24, 2.45) is 0 Å². The summed E-state index contributed by atoms with van der Waals surface area (Å²) in [4.78, 5) is 8.06. The first-order valence-electron chi connectivity index (χ1n) is 5.73. The van der Waals surface area contributed by atoms with Crippen LogP contribution < -0.4 is 11.1 Å². The molecule has 0 saturated heterocycles. The third-order valence-corrected chi connectivity index (χ3v) is 3.54.